The summed E-state index contributed by atoms with van der Waals surface area (Å²) < 4.78 is 34.2. The molecule has 162 valence electrons. The molecule has 1 aliphatic rings. The lowest BCUT2D eigenvalue weighted by atomic mass is 10.2. The van der Waals surface area contributed by atoms with E-state index in [0.29, 0.717) is 29.8 Å². The molecule has 1 saturated heterocycles. The summed E-state index contributed by atoms with van der Waals surface area (Å²) in [4.78, 5) is 12.4. The zero-order valence-electron chi connectivity index (χ0n) is 16.4. The van der Waals surface area contributed by atoms with Crippen molar-refractivity contribution < 1.29 is 18.3 Å². The Morgan fingerprint density at radius 3 is 2.68 bits per heavy atom. The second kappa shape index (κ2) is 9.76. The lowest BCUT2D eigenvalue weighted by Crippen LogP contribution is -2.18. The number of benzene rings is 2. The zero-order chi connectivity index (χ0) is 21.8. The van der Waals surface area contributed by atoms with Crippen LogP contribution >= 0.6 is 23.4 Å². The molecule has 6 nitrogen and oxygen atoms in total. The van der Waals surface area contributed by atoms with Gasteiger partial charge in [-0.1, -0.05) is 23.4 Å². The van der Waals surface area contributed by atoms with Gasteiger partial charge in [-0.05, 0) is 55.3 Å². The molecule has 1 N–H and O–H groups in total. The summed E-state index contributed by atoms with van der Waals surface area (Å²) in [6, 6.07) is 9.79. The van der Waals surface area contributed by atoms with Crippen molar-refractivity contribution in [3.63, 3.8) is 0 Å². The SMILES string of the molecule is O=C(CSc1nnc(-c2ccc(F)cc2)n1CC1CCCO1)Nc1ccc(F)cc1Cl. The highest BCUT2D eigenvalue weighted by molar-refractivity contribution is 7.99. The highest BCUT2D eigenvalue weighted by atomic mass is 35.5. The molecule has 4 rings (SSSR count). The van der Waals surface area contributed by atoms with Crippen LogP contribution in [0.25, 0.3) is 11.4 Å². The molecule has 1 unspecified atom stereocenters. The third kappa shape index (κ3) is 5.41. The molecular formula is C21H19ClF2N4O2S. The van der Waals surface area contributed by atoms with Crippen molar-refractivity contribution in [1.29, 1.82) is 0 Å². The Balaban J connectivity index is 1.50. The summed E-state index contributed by atoms with van der Waals surface area (Å²) in [6.07, 6.45) is 1.94. The largest absolute Gasteiger partial charge is 0.376 e. The Labute approximate surface area is 187 Å². The number of hydrogen-bond donors (Lipinski definition) is 1. The molecule has 3 aromatic rings. The first-order valence-electron chi connectivity index (χ1n) is 9.68. The molecule has 0 bridgehead atoms. The van der Waals surface area contributed by atoms with Crippen LogP contribution < -0.4 is 5.32 Å². The Kier molecular flexibility index (Phi) is 6.84. The van der Waals surface area contributed by atoms with Gasteiger partial charge >= 0.3 is 0 Å². The van der Waals surface area contributed by atoms with Gasteiger partial charge in [0.25, 0.3) is 0 Å². The maximum Gasteiger partial charge on any atom is 0.234 e. The van der Waals surface area contributed by atoms with Crippen LogP contribution in [-0.2, 0) is 16.1 Å². The lowest BCUT2D eigenvalue weighted by Gasteiger charge is -2.15. The van der Waals surface area contributed by atoms with E-state index in [1.807, 2.05) is 4.57 Å². The Morgan fingerprint density at radius 2 is 1.97 bits per heavy atom. The number of nitrogens with one attached hydrogen (secondary N) is 1. The average Bonchev–Trinajstić information content (AvgIpc) is 3.40. The standard InChI is InChI=1S/C21H19ClF2N4O2S/c22-17-10-15(24)7-8-18(17)25-19(29)12-31-21-27-26-20(13-3-5-14(23)6-4-13)28(21)11-16-2-1-9-30-16/h3-8,10,16H,1-2,9,11-12H2,(H,25,29). The van der Waals surface area contributed by atoms with Crippen molar-refractivity contribution in [2.24, 2.45) is 0 Å². The second-order valence-electron chi connectivity index (χ2n) is 7.02. The van der Waals surface area contributed by atoms with Gasteiger partial charge < -0.3 is 10.1 Å². The molecule has 1 aromatic heterocycles. The fraction of sp³-hybridized carbons (Fsp3) is 0.286. The third-order valence-electron chi connectivity index (χ3n) is 4.77. The molecule has 1 atom stereocenters. The Bertz CT molecular complexity index is 1070. The summed E-state index contributed by atoms with van der Waals surface area (Å²) in [6.45, 7) is 1.25. The number of halogens is 3. The van der Waals surface area contributed by atoms with Gasteiger partial charge in [0.2, 0.25) is 5.91 Å². The van der Waals surface area contributed by atoms with Gasteiger partial charge in [0, 0.05) is 12.2 Å². The van der Waals surface area contributed by atoms with Crippen molar-refractivity contribution in [3.05, 3.63) is 59.1 Å². The van der Waals surface area contributed by atoms with Crippen LogP contribution in [0.1, 0.15) is 12.8 Å². The summed E-state index contributed by atoms with van der Waals surface area (Å²) in [5, 5.41) is 11.8. The van der Waals surface area contributed by atoms with Crippen molar-refractivity contribution >= 4 is 35.0 Å². The van der Waals surface area contributed by atoms with Crippen molar-refractivity contribution in [2.75, 3.05) is 17.7 Å². The average molecular weight is 465 g/mol. The van der Waals surface area contributed by atoms with E-state index >= 15 is 0 Å². The minimum absolute atomic E-state index is 0.0291. The molecule has 0 radical (unpaired) electrons. The van der Waals surface area contributed by atoms with Crippen molar-refractivity contribution in [2.45, 2.75) is 30.6 Å². The van der Waals surface area contributed by atoms with Crippen LogP contribution in [0, 0.1) is 11.6 Å². The molecule has 31 heavy (non-hydrogen) atoms. The van der Waals surface area contributed by atoms with Crippen LogP contribution in [0.5, 0.6) is 0 Å². The maximum atomic E-state index is 13.3. The van der Waals surface area contributed by atoms with Gasteiger partial charge in [-0.25, -0.2) is 8.78 Å². The molecule has 1 aliphatic heterocycles. The number of carbonyl (C=O) groups is 1. The Hall–Kier alpha value is -2.49. The van der Waals surface area contributed by atoms with Gasteiger partial charge in [0.1, 0.15) is 11.6 Å². The predicted octanol–water partition coefficient (Wildman–Crippen LogP) is 4.79. The fourth-order valence-corrected chi connectivity index (χ4v) is 4.23. The van der Waals surface area contributed by atoms with Gasteiger partial charge in [0.15, 0.2) is 11.0 Å². The van der Waals surface area contributed by atoms with Crippen LogP contribution in [0.15, 0.2) is 47.6 Å². The molecular weight excluding hydrogens is 446 g/mol. The fourth-order valence-electron chi connectivity index (χ4n) is 3.27. The molecule has 2 aromatic carbocycles. The predicted molar refractivity (Wildman–Crippen MR) is 115 cm³/mol. The minimum Gasteiger partial charge on any atom is -0.376 e. The number of anilines is 1. The van der Waals surface area contributed by atoms with Crippen LogP contribution in [0.2, 0.25) is 5.02 Å². The molecule has 0 aliphatic carbocycles. The molecule has 2 heterocycles. The van der Waals surface area contributed by atoms with E-state index in [1.54, 1.807) is 12.1 Å². The first kappa shape index (κ1) is 21.7. The normalized spacial score (nSPS) is 15.9. The zero-order valence-corrected chi connectivity index (χ0v) is 17.9. The molecule has 1 fully saturated rings. The lowest BCUT2D eigenvalue weighted by molar-refractivity contribution is -0.113. The van der Waals surface area contributed by atoms with Gasteiger partial charge in [0.05, 0.1) is 29.1 Å². The van der Waals surface area contributed by atoms with E-state index in [2.05, 4.69) is 15.5 Å². The quantitative estimate of drug-likeness (QED) is 0.509. The molecule has 0 spiro atoms. The van der Waals surface area contributed by atoms with Gasteiger partial charge in [-0.15, -0.1) is 10.2 Å². The number of hydrogen-bond acceptors (Lipinski definition) is 5. The number of aromatic nitrogens is 3. The van der Waals surface area contributed by atoms with Crippen LogP contribution in [-0.4, -0.2) is 39.1 Å². The second-order valence-corrected chi connectivity index (χ2v) is 8.37. The summed E-state index contributed by atoms with van der Waals surface area (Å²) in [7, 11) is 0. The number of ether oxygens (including phenoxy) is 1. The summed E-state index contributed by atoms with van der Waals surface area (Å²) in [5.41, 5.74) is 1.06. The Morgan fingerprint density at radius 1 is 1.19 bits per heavy atom. The first-order chi connectivity index (χ1) is 15.0. The van der Waals surface area contributed by atoms with E-state index in [4.69, 9.17) is 16.3 Å². The number of rotatable bonds is 7. The van der Waals surface area contributed by atoms with Crippen LogP contribution in [0.3, 0.4) is 0 Å². The third-order valence-corrected chi connectivity index (χ3v) is 6.05. The number of thioether (sulfide) groups is 1. The number of amides is 1. The van der Waals surface area contributed by atoms with E-state index in [9.17, 15) is 13.6 Å². The van der Waals surface area contributed by atoms with E-state index in [-0.39, 0.29) is 28.6 Å². The highest BCUT2D eigenvalue weighted by Crippen LogP contribution is 2.27. The van der Waals surface area contributed by atoms with Crippen LogP contribution in [0.4, 0.5) is 14.5 Å². The summed E-state index contributed by atoms with van der Waals surface area (Å²) >= 11 is 7.18. The molecule has 0 saturated carbocycles. The highest BCUT2D eigenvalue weighted by Gasteiger charge is 2.22. The van der Waals surface area contributed by atoms with Crippen molar-refractivity contribution in [3.8, 4) is 11.4 Å². The van der Waals surface area contributed by atoms with E-state index < -0.39 is 5.82 Å². The van der Waals surface area contributed by atoms with Gasteiger partial charge in [-0.3, -0.25) is 9.36 Å². The molecule has 1 amide bonds. The first-order valence-corrected chi connectivity index (χ1v) is 11.0. The number of carbonyl (C=O) groups excluding carboxylic acids is 1. The molecule has 10 heteroatoms. The monoisotopic (exact) mass is 464 g/mol. The summed E-state index contributed by atoms with van der Waals surface area (Å²) in [5.74, 6) is -0.484. The topological polar surface area (TPSA) is 69.0 Å². The minimum atomic E-state index is -0.479. The van der Waals surface area contributed by atoms with Gasteiger partial charge in [-0.2, -0.15) is 0 Å². The number of nitrogens with zero attached hydrogens (tertiary/aromatic N) is 3. The van der Waals surface area contributed by atoms with E-state index in [1.165, 1.54) is 36.0 Å². The van der Waals surface area contributed by atoms with E-state index in [0.717, 1.165) is 24.5 Å². The smallest absolute Gasteiger partial charge is 0.234 e. The maximum absolute atomic E-state index is 13.3. The van der Waals surface area contributed by atoms with Crippen molar-refractivity contribution in [1.82, 2.24) is 14.8 Å².